The fraction of sp³-hybridized carbons (Fsp3) is 0.171. The number of benzene rings is 3. The minimum Gasteiger partial charge on any atom is -0.497 e. The molecule has 1 aliphatic heterocycles. The Morgan fingerprint density at radius 2 is 1.61 bits per heavy atom. The fourth-order valence-corrected chi connectivity index (χ4v) is 6.08. The number of rotatable bonds is 9. The number of hydrogen-bond donors (Lipinski definition) is 2. The summed E-state index contributed by atoms with van der Waals surface area (Å²) < 4.78 is 13.2. The number of amides is 1. The third-order valence-corrected chi connectivity index (χ3v) is 8.07. The zero-order valence-electron chi connectivity index (χ0n) is 24.7. The number of nitrogens with zero attached hydrogens (tertiary/aromatic N) is 3. The van der Waals surface area contributed by atoms with Crippen molar-refractivity contribution in [2.45, 2.75) is 25.9 Å². The summed E-state index contributed by atoms with van der Waals surface area (Å²) in [4.78, 5) is 19.4. The summed E-state index contributed by atoms with van der Waals surface area (Å²) in [5, 5.41) is 7.06. The van der Waals surface area contributed by atoms with Crippen LogP contribution in [0.2, 0.25) is 0 Å². The largest absolute Gasteiger partial charge is 0.497 e. The van der Waals surface area contributed by atoms with Crippen LogP contribution < -0.4 is 25.0 Å². The first kappa shape index (κ1) is 28.9. The average Bonchev–Trinajstić information content (AvgIpc) is 3.55. The Morgan fingerprint density at radius 1 is 0.909 bits per heavy atom. The standard InChI is InChI=1S/C35H33N5O3S/c1-23-21-30(24(2)39(23)26-16-18-28(42-3)19-17-26)34-33(31-11-7-8-20-36-31)38-35(44)40(34)27-14-12-25(13-15-27)37-32(41)22-43-29-9-5-4-6-10-29/h4-21,33-34H,22H2,1-3H3,(H,37,41)(H,38,44)/t33-,34-/m1/s1. The van der Waals surface area contributed by atoms with E-state index in [0.717, 1.165) is 39.8 Å². The second-order valence-corrected chi connectivity index (χ2v) is 10.9. The summed E-state index contributed by atoms with van der Waals surface area (Å²) in [7, 11) is 1.67. The summed E-state index contributed by atoms with van der Waals surface area (Å²) in [6, 6.07) is 32.8. The molecule has 8 nitrogen and oxygen atoms in total. The number of para-hydroxylation sites is 1. The van der Waals surface area contributed by atoms with Gasteiger partial charge in [0.15, 0.2) is 11.7 Å². The minimum absolute atomic E-state index is 0.0798. The molecular weight excluding hydrogens is 570 g/mol. The van der Waals surface area contributed by atoms with E-state index in [2.05, 4.69) is 52.1 Å². The van der Waals surface area contributed by atoms with E-state index in [-0.39, 0.29) is 24.6 Å². The number of pyridine rings is 1. The van der Waals surface area contributed by atoms with Crippen LogP contribution >= 0.6 is 12.2 Å². The molecule has 1 saturated heterocycles. The summed E-state index contributed by atoms with van der Waals surface area (Å²) in [6.45, 7) is 4.17. The highest BCUT2D eigenvalue weighted by Gasteiger charge is 2.42. The molecule has 44 heavy (non-hydrogen) atoms. The van der Waals surface area contributed by atoms with Crippen molar-refractivity contribution in [2.24, 2.45) is 0 Å². The summed E-state index contributed by atoms with van der Waals surface area (Å²) in [5.74, 6) is 1.22. The summed E-state index contributed by atoms with van der Waals surface area (Å²) in [6.07, 6.45) is 1.80. The van der Waals surface area contributed by atoms with E-state index < -0.39 is 0 Å². The molecule has 5 aromatic rings. The minimum atomic E-state index is -0.237. The maximum absolute atomic E-state index is 12.5. The van der Waals surface area contributed by atoms with Gasteiger partial charge in [-0.25, -0.2) is 0 Å². The second-order valence-electron chi connectivity index (χ2n) is 10.6. The van der Waals surface area contributed by atoms with Gasteiger partial charge in [-0.1, -0.05) is 24.3 Å². The van der Waals surface area contributed by atoms with E-state index in [1.54, 1.807) is 13.3 Å². The number of anilines is 2. The molecule has 2 aromatic heterocycles. The van der Waals surface area contributed by atoms with Gasteiger partial charge in [-0.3, -0.25) is 9.78 Å². The first-order chi connectivity index (χ1) is 21.4. The van der Waals surface area contributed by atoms with Crippen LogP contribution in [0.4, 0.5) is 11.4 Å². The van der Waals surface area contributed by atoms with E-state index in [1.807, 2.05) is 84.9 Å². The summed E-state index contributed by atoms with van der Waals surface area (Å²) >= 11 is 5.94. The number of carbonyl (C=O) groups is 1. The van der Waals surface area contributed by atoms with Gasteiger partial charge in [0, 0.05) is 34.6 Å². The molecule has 0 bridgehead atoms. The molecular formula is C35H33N5O3S. The lowest BCUT2D eigenvalue weighted by Gasteiger charge is -2.28. The van der Waals surface area contributed by atoms with Gasteiger partial charge in [0.05, 0.1) is 24.9 Å². The lowest BCUT2D eigenvalue weighted by molar-refractivity contribution is -0.118. The molecule has 0 spiro atoms. The lowest BCUT2D eigenvalue weighted by atomic mass is 9.96. The first-order valence-corrected chi connectivity index (χ1v) is 14.8. The van der Waals surface area contributed by atoms with Gasteiger partial charge < -0.3 is 29.6 Å². The molecule has 2 N–H and O–H groups in total. The zero-order valence-corrected chi connectivity index (χ0v) is 25.5. The van der Waals surface area contributed by atoms with E-state index >= 15 is 0 Å². The quantitative estimate of drug-likeness (QED) is 0.182. The molecule has 2 atom stereocenters. The summed E-state index contributed by atoms with van der Waals surface area (Å²) in [5.41, 5.74) is 6.88. The maximum Gasteiger partial charge on any atom is 0.262 e. The molecule has 0 radical (unpaired) electrons. The molecule has 3 heterocycles. The van der Waals surface area contributed by atoms with Gasteiger partial charge in [-0.05, 0) is 110 Å². The number of aromatic nitrogens is 2. The van der Waals surface area contributed by atoms with Gasteiger partial charge in [-0.15, -0.1) is 0 Å². The Balaban J connectivity index is 1.30. The average molecular weight is 604 g/mol. The van der Waals surface area contributed by atoms with Crippen LogP contribution in [0.15, 0.2) is 109 Å². The Kier molecular flexibility index (Phi) is 8.29. The molecule has 9 heteroatoms. The van der Waals surface area contributed by atoms with Crippen molar-refractivity contribution < 1.29 is 14.3 Å². The molecule has 1 aliphatic rings. The third-order valence-electron chi connectivity index (χ3n) is 7.76. The van der Waals surface area contributed by atoms with Crippen LogP contribution in [-0.4, -0.2) is 34.3 Å². The van der Waals surface area contributed by atoms with Crippen molar-refractivity contribution in [3.8, 4) is 17.2 Å². The highest BCUT2D eigenvalue weighted by Crippen LogP contribution is 2.44. The van der Waals surface area contributed by atoms with E-state index in [1.165, 1.54) is 0 Å². The number of methoxy groups -OCH3 is 1. The van der Waals surface area contributed by atoms with Gasteiger partial charge in [0.25, 0.3) is 5.91 Å². The van der Waals surface area contributed by atoms with E-state index in [9.17, 15) is 4.79 Å². The number of nitrogens with one attached hydrogen (secondary N) is 2. The zero-order chi connectivity index (χ0) is 30.6. The molecule has 0 saturated carbocycles. The van der Waals surface area contributed by atoms with Crippen molar-refractivity contribution in [3.05, 3.63) is 132 Å². The van der Waals surface area contributed by atoms with Gasteiger partial charge in [-0.2, -0.15) is 0 Å². The molecule has 222 valence electrons. The SMILES string of the molecule is COc1ccc(-n2c(C)cc([C@@H]3[C@@H](c4ccccn4)NC(=S)N3c3ccc(NC(=O)COc4ccccc4)cc3)c2C)cc1. The predicted octanol–water partition coefficient (Wildman–Crippen LogP) is 6.69. The van der Waals surface area contributed by atoms with Crippen molar-refractivity contribution in [2.75, 3.05) is 23.9 Å². The highest BCUT2D eigenvalue weighted by atomic mass is 32.1. The van der Waals surface area contributed by atoms with Crippen LogP contribution in [0.1, 0.15) is 34.7 Å². The van der Waals surface area contributed by atoms with Crippen LogP contribution in [0.25, 0.3) is 5.69 Å². The molecule has 1 fully saturated rings. The van der Waals surface area contributed by atoms with Crippen molar-refractivity contribution in [3.63, 3.8) is 0 Å². The molecule has 1 amide bonds. The molecule has 3 aromatic carbocycles. The normalized spacial score (nSPS) is 16.0. The molecule has 0 unspecified atom stereocenters. The monoisotopic (exact) mass is 603 g/mol. The number of carbonyl (C=O) groups excluding carboxylic acids is 1. The lowest BCUT2D eigenvalue weighted by Crippen LogP contribution is -2.29. The maximum atomic E-state index is 12.5. The smallest absolute Gasteiger partial charge is 0.262 e. The third kappa shape index (κ3) is 5.87. The van der Waals surface area contributed by atoms with E-state index in [0.29, 0.717) is 16.5 Å². The molecule has 6 rings (SSSR count). The van der Waals surface area contributed by atoms with Crippen LogP contribution in [0.3, 0.4) is 0 Å². The van der Waals surface area contributed by atoms with Crippen LogP contribution in [0, 0.1) is 13.8 Å². The van der Waals surface area contributed by atoms with Crippen molar-refractivity contribution >= 4 is 34.6 Å². The highest BCUT2D eigenvalue weighted by molar-refractivity contribution is 7.80. The van der Waals surface area contributed by atoms with Gasteiger partial charge >= 0.3 is 0 Å². The number of hydrogen-bond acceptors (Lipinski definition) is 5. The number of aryl methyl sites for hydroxylation is 1. The number of thiocarbonyl (C=S) groups is 1. The van der Waals surface area contributed by atoms with Crippen LogP contribution in [0.5, 0.6) is 11.5 Å². The number of ether oxygens (including phenoxy) is 2. The Hall–Kier alpha value is -5.15. The first-order valence-electron chi connectivity index (χ1n) is 14.3. The molecule has 0 aliphatic carbocycles. The van der Waals surface area contributed by atoms with E-state index in [4.69, 9.17) is 26.7 Å². The Morgan fingerprint density at radius 3 is 2.30 bits per heavy atom. The predicted molar refractivity (Wildman–Crippen MR) is 177 cm³/mol. The topological polar surface area (TPSA) is 80.7 Å². The Labute approximate surface area is 262 Å². The van der Waals surface area contributed by atoms with Gasteiger partial charge in [0.1, 0.15) is 11.5 Å². The Bertz CT molecular complexity index is 1760. The van der Waals surface area contributed by atoms with Crippen molar-refractivity contribution in [1.29, 1.82) is 0 Å². The van der Waals surface area contributed by atoms with Gasteiger partial charge in [0.2, 0.25) is 0 Å². The fourth-order valence-electron chi connectivity index (χ4n) is 5.73. The second kappa shape index (κ2) is 12.6. The van der Waals surface area contributed by atoms with Crippen molar-refractivity contribution in [1.82, 2.24) is 14.9 Å². The van der Waals surface area contributed by atoms with Crippen LogP contribution in [-0.2, 0) is 4.79 Å².